The molecule has 0 radical (unpaired) electrons. The van der Waals surface area contributed by atoms with Gasteiger partial charge in [0.15, 0.2) is 12.4 Å². The Morgan fingerprint density at radius 1 is 1.07 bits per heavy atom. The second kappa shape index (κ2) is 10.3. The Morgan fingerprint density at radius 2 is 1.76 bits per heavy atom. The third-order valence-corrected chi connectivity index (χ3v) is 5.77. The van der Waals surface area contributed by atoms with Crippen LogP contribution in [-0.4, -0.2) is 24.5 Å². The van der Waals surface area contributed by atoms with Crippen LogP contribution in [-0.2, 0) is 4.79 Å². The summed E-state index contributed by atoms with van der Waals surface area (Å²) >= 11 is 15.3. The summed E-state index contributed by atoms with van der Waals surface area (Å²) in [5.74, 6) is -0.0800. The highest BCUT2D eigenvalue weighted by Gasteiger charge is 2.17. The van der Waals surface area contributed by atoms with Crippen molar-refractivity contribution in [3.63, 3.8) is 0 Å². The highest BCUT2D eigenvalue weighted by Crippen LogP contribution is 2.36. The number of hydrogen-bond donors (Lipinski definition) is 2. The molecule has 1 aliphatic carbocycles. The molecule has 154 valence electrons. The summed E-state index contributed by atoms with van der Waals surface area (Å²) in [6, 6.07) is 10.2. The summed E-state index contributed by atoms with van der Waals surface area (Å²) in [5, 5.41) is 6.58. The van der Waals surface area contributed by atoms with Gasteiger partial charge in [0.05, 0.1) is 9.50 Å². The quantitative estimate of drug-likeness (QED) is 0.524. The molecule has 0 spiro atoms. The first kappa shape index (κ1) is 21.9. The Morgan fingerprint density at radius 3 is 2.41 bits per heavy atom. The number of rotatable bonds is 6. The number of hydrogen-bond acceptors (Lipinski definition) is 3. The van der Waals surface area contributed by atoms with E-state index in [1.165, 1.54) is 12.5 Å². The lowest BCUT2D eigenvalue weighted by Gasteiger charge is -2.22. The van der Waals surface area contributed by atoms with Gasteiger partial charge in [-0.3, -0.25) is 9.59 Å². The highest BCUT2D eigenvalue weighted by molar-refractivity contribution is 9.10. The first-order valence-electron chi connectivity index (χ1n) is 9.40. The standard InChI is InChI=1S/C21H21BrCl2N2O3/c22-17-10-14(23)11-18(24)20(17)29-12-19(27)25-16-8-6-13(7-9-16)21(28)26-15-4-2-1-3-5-15/h6-11,15H,1-5,12H2,(H,25,27)(H,26,28). The van der Waals surface area contributed by atoms with Crippen LogP contribution in [0.5, 0.6) is 5.75 Å². The number of amides is 2. The molecule has 5 nitrogen and oxygen atoms in total. The zero-order valence-electron chi connectivity index (χ0n) is 15.6. The van der Waals surface area contributed by atoms with Crippen LogP contribution in [0.1, 0.15) is 42.5 Å². The predicted octanol–water partition coefficient (Wildman–Crippen LogP) is 5.84. The van der Waals surface area contributed by atoms with Crippen molar-refractivity contribution in [3.8, 4) is 5.75 Å². The van der Waals surface area contributed by atoms with E-state index in [0.717, 1.165) is 25.7 Å². The van der Waals surface area contributed by atoms with Crippen LogP contribution in [0.15, 0.2) is 40.9 Å². The zero-order valence-corrected chi connectivity index (χ0v) is 18.7. The molecular weight excluding hydrogens is 479 g/mol. The molecular formula is C21H21BrCl2N2O3. The molecule has 1 aliphatic rings. The van der Waals surface area contributed by atoms with Crippen LogP contribution >= 0.6 is 39.1 Å². The van der Waals surface area contributed by atoms with Gasteiger partial charge in [0.2, 0.25) is 0 Å². The highest BCUT2D eigenvalue weighted by atomic mass is 79.9. The lowest BCUT2D eigenvalue weighted by molar-refractivity contribution is -0.118. The molecule has 0 bridgehead atoms. The smallest absolute Gasteiger partial charge is 0.262 e. The van der Waals surface area contributed by atoms with E-state index in [1.807, 2.05) is 0 Å². The third-order valence-electron chi connectivity index (χ3n) is 4.68. The number of nitrogens with one attached hydrogen (secondary N) is 2. The van der Waals surface area contributed by atoms with Crippen LogP contribution in [0.3, 0.4) is 0 Å². The topological polar surface area (TPSA) is 67.4 Å². The van der Waals surface area contributed by atoms with Gasteiger partial charge in [0.1, 0.15) is 0 Å². The van der Waals surface area contributed by atoms with Gasteiger partial charge in [0, 0.05) is 22.3 Å². The summed E-state index contributed by atoms with van der Waals surface area (Å²) in [7, 11) is 0. The monoisotopic (exact) mass is 498 g/mol. The third kappa shape index (κ3) is 6.36. The predicted molar refractivity (Wildman–Crippen MR) is 119 cm³/mol. The van der Waals surface area contributed by atoms with Crippen molar-refractivity contribution < 1.29 is 14.3 Å². The van der Waals surface area contributed by atoms with Gasteiger partial charge in [-0.25, -0.2) is 0 Å². The van der Waals surface area contributed by atoms with Crippen LogP contribution in [0.2, 0.25) is 10.0 Å². The van der Waals surface area contributed by atoms with Gasteiger partial charge < -0.3 is 15.4 Å². The zero-order chi connectivity index (χ0) is 20.8. The first-order chi connectivity index (χ1) is 13.9. The molecule has 2 aromatic carbocycles. The first-order valence-corrected chi connectivity index (χ1v) is 11.0. The molecule has 0 saturated heterocycles. The van der Waals surface area contributed by atoms with E-state index in [1.54, 1.807) is 30.3 Å². The Hall–Kier alpha value is -1.76. The van der Waals surface area contributed by atoms with Crippen molar-refractivity contribution in [2.24, 2.45) is 0 Å². The minimum absolute atomic E-state index is 0.0830. The minimum atomic E-state index is -0.345. The van der Waals surface area contributed by atoms with Crippen LogP contribution in [0.25, 0.3) is 0 Å². The normalized spacial score (nSPS) is 14.3. The maximum absolute atomic E-state index is 12.3. The summed E-state index contributed by atoms with van der Waals surface area (Å²) in [5.41, 5.74) is 1.15. The molecule has 8 heteroatoms. The number of carbonyl (C=O) groups excluding carboxylic acids is 2. The van der Waals surface area contributed by atoms with E-state index in [9.17, 15) is 9.59 Å². The maximum atomic E-state index is 12.3. The maximum Gasteiger partial charge on any atom is 0.262 e. The molecule has 0 heterocycles. The Kier molecular flexibility index (Phi) is 7.81. The van der Waals surface area contributed by atoms with E-state index in [2.05, 4.69) is 26.6 Å². The van der Waals surface area contributed by atoms with E-state index in [0.29, 0.717) is 31.5 Å². The van der Waals surface area contributed by atoms with Crippen LogP contribution in [0, 0.1) is 0 Å². The summed E-state index contributed by atoms with van der Waals surface area (Å²) in [6.07, 6.45) is 5.64. The molecule has 1 fully saturated rings. The van der Waals surface area contributed by atoms with Gasteiger partial charge in [-0.1, -0.05) is 42.5 Å². The van der Waals surface area contributed by atoms with Crippen LogP contribution < -0.4 is 15.4 Å². The summed E-state index contributed by atoms with van der Waals surface area (Å²) in [4.78, 5) is 24.5. The molecule has 0 aromatic heterocycles. The van der Waals surface area contributed by atoms with Gasteiger partial charge in [-0.05, 0) is 65.2 Å². The molecule has 3 rings (SSSR count). The van der Waals surface area contributed by atoms with Gasteiger partial charge in [-0.15, -0.1) is 0 Å². The fourth-order valence-corrected chi connectivity index (χ4v) is 4.59. The van der Waals surface area contributed by atoms with Crippen molar-refractivity contribution in [2.45, 2.75) is 38.1 Å². The molecule has 2 N–H and O–H groups in total. The number of carbonyl (C=O) groups is 2. The second-order valence-corrected chi connectivity index (χ2v) is 8.62. The number of ether oxygens (including phenoxy) is 1. The number of benzene rings is 2. The van der Waals surface area contributed by atoms with E-state index < -0.39 is 0 Å². The average molecular weight is 500 g/mol. The Bertz CT molecular complexity index is 861. The Balaban J connectivity index is 1.51. The lowest BCUT2D eigenvalue weighted by atomic mass is 9.95. The van der Waals surface area contributed by atoms with E-state index >= 15 is 0 Å². The summed E-state index contributed by atoms with van der Waals surface area (Å²) < 4.78 is 6.06. The molecule has 0 aliphatic heterocycles. The molecule has 0 unspecified atom stereocenters. The van der Waals surface area contributed by atoms with Crippen molar-refractivity contribution in [1.29, 1.82) is 0 Å². The van der Waals surface area contributed by atoms with E-state index in [4.69, 9.17) is 27.9 Å². The van der Waals surface area contributed by atoms with Crippen molar-refractivity contribution in [1.82, 2.24) is 5.32 Å². The largest absolute Gasteiger partial charge is 0.481 e. The number of anilines is 1. The van der Waals surface area contributed by atoms with Crippen molar-refractivity contribution >= 4 is 56.6 Å². The molecule has 2 aromatic rings. The summed E-state index contributed by atoms with van der Waals surface area (Å²) in [6.45, 7) is -0.218. The van der Waals surface area contributed by atoms with Crippen molar-refractivity contribution in [3.05, 3.63) is 56.5 Å². The molecule has 0 atom stereocenters. The lowest BCUT2D eigenvalue weighted by Crippen LogP contribution is -2.36. The van der Waals surface area contributed by atoms with Gasteiger partial charge in [0.25, 0.3) is 11.8 Å². The van der Waals surface area contributed by atoms with Crippen molar-refractivity contribution in [2.75, 3.05) is 11.9 Å². The van der Waals surface area contributed by atoms with Gasteiger partial charge in [-0.2, -0.15) is 0 Å². The fraction of sp³-hybridized carbons (Fsp3) is 0.333. The fourth-order valence-electron chi connectivity index (χ4n) is 3.22. The Labute approximate surface area is 188 Å². The van der Waals surface area contributed by atoms with Crippen LogP contribution in [0.4, 0.5) is 5.69 Å². The van der Waals surface area contributed by atoms with Gasteiger partial charge >= 0.3 is 0 Å². The van der Waals surface area contributed by atoms with E-state index in [-0.39, 0.29) is 24.5 Å². The second-order valence-electron chi connectivity index (χ2n) is 6.92. The molecule has 29 heavy (non-hydrogen) atoms. The SMILES string of the molecule is O=C(COc1c(Cl)cc(Cl)cc1Br)Nc1ccc(C(=O)NC2CCCCC2)cc1. The molecule has 1 saturated carbocycles. The number of halogens is 3. The minimum Gasteiger partial charge on any atom is -0.481 e. The molecule has 2 amide bonds. The average Bonchev–Trinajstić information content (AvgIpc) is 2.68.